The summed E-state index contributed by atoms with van der Waals surface area (Å²) >= 11 is 1.74. The van der Waals surface area contributed by atoms with Gasteiger partial charge in [-0.05, 0) is 29.7 Å². The highest BCUT2D eigenvalue weighted by Crippen LogP contribution is 2.43. The van der Waals surface area contributed by atoms with Gasteiger partial charge in [-0.25, -0.2) is 3.11 Å². The Bertz CT molecular complexity index is 1310. The summed E-state index contributed by atoms with van der Waals surface area (Å²) in [5.41, 5.74) is 4.60. The minimum atomic E-state index is -0.668. The van der Waals surface area contributed by atoms with Crippen LogP contribution in [0.25, 0.3) is 10.9 Å². The van der Waals surface area contributed by atoms with Crippen LogP contribution >= 0.6 is 22.9 Å². The number of imide groups is 1. The fraction of sp³-hybridized carbons (Fsp3) is 0.280. The molecule has 33 heavy (non-hydrogen) atoms. The molecule has 0 aliphatic carbocycles. The maximum Gasteiger partial charge on any atom is 0.261 e. The van der Waals surface area contributed by atoms with Crippen molar-refractivity contribution in [2.45, 2.75) is 31.3 Å². The zero-order valence-electron chi connectivity index (χ0n) is 17.8. The fourth-order valence-electron chi connectivity index (χ4n) is 5.24. The second-order valence-electron chi connectivity index (χ2n) is 8.88. The lowest BCUT2D eigenvalue weighted by Gasteiger charge is -2.40. The standard InChI is InChI=1S/C25H21IN4O3/c26-30-21(31)9-8-20(25(30)33)29-19-10-11-27-23-17(6-7-18(22(19)23)24(29)32)16-13-28(14-16)12-15-4-2-1-3-5-15/h1-7,10-11,16,20H,8-9,12-14H2. The molecule has 1 unspecified atom stereocenters. The number of carbonyl (C=O) groups excluding carboxylic acids is 3. The van der Waals surface area contributed by atoms with Gasteiger partial charge in [0, 0.05) is 43.6 Å². The van der Waals surface area contributed by atoms with Gasteiger partial charge in [0.15, 0.2) is 0 Å². The van der Waals surface area contributed by atoms with Crippen molar-refractivity contribution in [2.24, 2.45) is 0 Å². The zero-order chi connectivity index (χ0) is 22.7. The van der Waals surface area contributed by atoms with E-state index in [0.29, 0.717) is 17.9 Å². The third-order valence-electron chi connectivity index (χ3n) is 6.90. The number of rotatable bonds is 4. The molecule has 0 saturated carbocycles. The predicted molar refractivity (Wildman–Crippen MR) is 132 cm³/mol. The Kier molecular flexibility index (Phi) is 4.95. The van der Waals surface area contributed by atoms with Gasteiger partial charge in [-0.3, -0.25) is 29.2 Å². The second-order valence-corrected chi connectivity index (χ2v) is 9.84. The molecule has 3 aliphatic rings. The van der Waals surface area contributed by atoms with Gasteiger partial charge in [-0.15, -0.1) is 0 Å². The van der Waals surface area contributed by atoms with Gasteiger partial charge in [0.05, 0.1) is 39.6 Å². The van der Waals surface area contributed by atoms with E-state index < -0.39 is 6.04 Å². The number of hydrogen-bond acceptors (Lipinski definition) is 5. The number of carbonyl (C=O) groups is 3. The van der Waals surface area contributed by atoms with Crippen LogP contribution in [-0.4, -0.2) is 49.9 Å². The number of hydrogen-bond donors (Lipinski definition) is 0. The average Bonchev–Trinajstić information content (AvgIpc) is 3.09. The summed E-state index contributed by atoms with van der Waals surface area (Å²) in [5.74, 6) is -0.387. The molecular formula is C25H21IN4O3. The number of halogens is 1. The molecule has 166 valence electrons. The molecule has 8 heteroatoms. The molecule has 3 amide bonds. The first kappa shape index (κ1) is 20.7. The van der Waals surface area contributed by atoms with Crippen molar-refractivity contribution in [1.82, 2.24) is 13.0 Å². The van der Waals surface area contributed by atoms with Crippen LogP contribution in [0.5, 0.6) is 0 Å². The third kappa shape index (κ3) is 3.26. The number of pyridine rings is 1. The zero-order valence-corrected chi connectivity index (χ0v) is 19.9. The van der Waals surface area contributed by atoms with E-state index in [1.165, 1.54) is 5.56 Å². The summed E-state index contributed by atoms with van der Waals surface area (Å²) < 4.78 is 1.11. The van der Waals surface area contributed by atoms with Gasteiger partial charge in [0.1, 0.15) is 6.04 Å². The van der Waals surface area contributed by atoms with E-state index >= 15 is 0 Å². The lowest BCUT2D eigenvalue weighted by Crippen LogP contribution is -2.52. The maximum absolute atomic E-state index is 13.4. The van der Waals surface area contributed by atoms with Gasteiger partial charge in [-0.1, -0.05) is 36.4 Å². The molecule has 6 rings (SSSR count). The minimum Gasteiger partial charge on any atom is -0.298 e. The molecular weight excluding hydrogens is 531 g/mol. The van der Waals surface area contributed by atoms with E-state index in [1.807, 2.05) is 24.3 Å². The number of piperidine rings is 1. The smallest absolute Gasteiger partial charge is 0.261 e. The number of nitrogens with zero attached hydrogens (tertiary/aromatic N) is 4. The van der Waals surface area contributed by atoms with Crippen LogP contribution < -0.4 is 4.90 Å². The van der Waals surface area contributed by atoms with Crippen LogP contribution in [0.4, 0.5) is 5.69 Å². The van der Waals surface area contributed by atoms with E-state index in [2.05, 4.69) is 34.1 Å². The first-order valence-corrected chi connectivity index (χ1v) is 12.0. The molecule has 3 aliphatic heterocycles. The summed E-state index contributed by atoms with van der Waals surface area (Å²) in [6.45, 7) is 2.81. The van der Waals surface area contributed by atoms with E-state index in [9.17, 15) is 14.4 Å². The summed E-state index contributed by atoms with van der Waals surface area (Å²) in [4.78, 5) is 46.8. The summed E-state index contributed by atoms with van der Waals surface area (Å²) in [6, 6.07) is 15.5. The normalized spacial score (nSPS) is 21.2. The number of anilines is 1. The van der Waals surface area contributed by atoms with Crippen LogP contribution in [0.1, 0.15) is 40.2 Å². The van der Waals surface area contributed by atoms with Crippen LogP contribution in [0.3, 0.4) is 0 Å². The maximum atomic E-state index is 13.4. The minimum absolute atomic E-state index is 0.189. The van der Waals surface area contributed by atoms with E-state index in [4.69, 9.17) is 0 Å². The molecule has 2 fully saturated rings. The molecule has 4 heterocycles. The number of benzene rings is 2. The molecule has 0 radical (unpaired) electrons. The molecule has 0 spiro atoms. The molecule has 2 aromatic carbocycles. The number of likely N-dealkylation sites (tertiary alicyclic amines) is 1. The van der Waals surface area contributed by atoms with Crippen LogP contribution in [0, 0.1) is 0 Å². The van der Waals surface area contributed by atoms with Gasteiger partial charge in [-0.2, -0.15) is 0 Å². The molecule has 3 aromatic rings. The van der Waals surface area contributed by atoms with Crippen LogP contribution in [0.2, 0.25) is 0 Å². The van der Waals surface area contributed by atoms with Gasteiger partial charge in [0.2, 0.25) is 5.91 Å². The van der Waals surface area contributed by atoms with Crippen molar-refractivity contribution in [3.05, 3.63) is 71.4 Å². The van der Waals surface area contributed by atoms with Crippen molar-refractivity contribution in [3.63, 3.8) is 0 Å². The Morgan fingerprint density at radius 3 is 2.58 bits per heavy atom. The SMILES string of the molecule is O=C1CCC(N2C(=O)c3ccc(C4CN(Cc5ccccc5)C4)c4nccc2c34)C(=O)N1I. The molecule has 1 atom stereocenters. The summed E-state index contributed by atoms with van der Waals surface area (Å²) in [7, 11) is 0. The highest BCUT2D eigenvalue weighted by atomic mass is 127. The van der Waals surface area contributed by atoms with Crippen molar-refractivity contribution in [2.75, 3.05) is 18.0 Å². The van der Waals surface area contributed by atoms with Crippen molar-refractivity contribution in [1.29, 1.82) is 0 Å². The van der Waals surface area contributed by atoms with E-state index in [1.54, 1.807) is 34.0 Å². The Labute approximate surface area is 204 Å². The predicted octanol–water partition coefficient (Wildman–Crippen LogP) is 3.66. The van der Waals surface area contributed by atoms with Crippen molar-refractivity contribution >= 4 is 57.2 Å². The van der Waals surface area contributed by atoms with Crippen molar-refractivity contribution < 1.29 is 14.4 Å². The Hall–Kier alpha value is -2.85. The lowest BCUT2D eigenvalue weighted by molar-refractivity contribution is -0.140. The summed E-state index contributed by atoms with van der Waals surface area (Å²) in [6.07, 6.45) is 2.31. The number of amides is 3. The quantitative estimate of drug-likeness (QED) is 0.281. The second kappa shape index (κ2) is 7.88. The van der Waals surface area contributed by atoms with Crippen molar-refractivity contribution in [3.8, 4) is 0 Å². The Morgan fingerprint density at radius 1 is 1.00 bits per heavy atom. The first-order chi connectivity index (χ1) is 16.0. The highest BCUT2D eigenvalue weighted by Gasteiger charge is 2.44. The largest absolute Gasteiger partial charge is 0.298 e. The van der Waals surface area contributed by atoms with E-state index in [-0.39, 0.29) is 24.1 Å². The van der Waals surface area contributed by atoms with Gasteiger partial charge < -0.3 is 0 Å². The molecule has 7 nitrogen and oxygen atoms in total. The van der Waals surface area contributed by atoms with E-state index in [0.717, 1.165) is 44.9 Å². The van der Waals surface area contributed by atoms with Crippen LogP contribution in [0.15, 0.2) is 54.7 Å². The molecule has 0 N–H and O–H groups in total. The van der Waals surface area contributed by atoms with Gasteiger partial charge >= 0.3 is 0 Å². The molecule has 0 bridgehead atoms. The molecule has 2 saturated heterocycles. The van der Waals surface area contributed by atoms with Gasteiger partial charge in [0.25, 0.3) is 11.8 Å². The number of aromatic nitrogens is 1. The Morgan fingerprint density at radius 2 is 1.79 bits per heavy atom. The monoisotopic (exact) mass is 552 g/mol. The summed E-state index contributed by atoms with van der Waals surface area (Å²) in [5, 5.41) is 0.825. The third-order valence-corrected chi connectivity index (χ3v) is 7.91. The molecule has 1 aromatic heterocycles. The average molecular weight is 552 g/mol. The Balaban J connectivity index is 1.30. The fourth-order valence-corrected chi connectivity index (χ4v) is 5.80. The van der Waals surface area contributed by atoms with Crippen LogP contribution in [-0.2, 0) is 16.1 Å². The first-order valence-electron chi connectivity index (χ1n) is 11.1. The topological polar surface area (TPSA) is 73.8 Å². The lowest BCUT2D eigenvalue weighted by atomic mass is 9.88. The highest BCUT2D eigenvalue weighted by molar-refractivity contribution is 14.1.